The maximum atomic E-state index is 13.6. The number of nitrogens with two attached hydrogens (primary N) is 1. The fourth-order valence-corrected chi connectivity index (χ4v) is 6.30. The van der Waals surface area contributed by atoms with Gasteiger partial charge in [0.2, 0.25) is 17.7 Å². The third-order valence-corrected chi connectivity index (χ3v) is 8.82. The number of benzene rings is 2. The van der Waals surface area contributed by atoms with E-state index in [4.69, 9.17) is 14.9 Å². The van der Waals surface area contributed by atoms with E-state index in [0.717, 1.165) is 11.1 Å². The number of thiazole rings is 1. The SMILES string of the molecule is COc1ccc(C[C@H](N)C(=O)N2CCNC(=O)c3coc(n3)[C@H](Cc3ccccc3)NC(=O)c3csc(n3)[C@H](C(C)C)NC(=O)C2)cc1.Cl. The lowest BCUT2D eigenvalue weighted by Crippen LogP contribution is -2.51. The molecule has 0 fully saturated rings. The molecule has 0 spiro atoms. The molecule has 2 aromatic heterocycles. The molecule has 2 aromatic carbocycles. The van der Waals surface area contributed by atoms with E-state index in [9.17, 15) is 19.2 Å². The number of methoxy groups -OCH3 is 1. The number of rotatable bonds is 7. The summed E-state index contributed by atoms with van der Waals surface area (Å²) in [5, 5.41) is 10.8. The zero-order valence-electron chi connectivity index (χ0n) is 27.4. The molecule has 13 nitrogen and oxygen atoms in total. The van der Waals surface area contributed by atoms with E-state index in [1.54, 1.807) is 24.6 Å². The summed E-state index contributed by atoms with van der Waals surface area (Å²) in [4.78, 5) is 63.9. The normalized spacial score (nSPS) is 17.9. The van der Waals surface area contributed by atoms with Crippen molar-refractivity contribution in [3.63, 3.8) is 0 Å². The molecular weight excluding hydrogens is 670 g/mol. The van der Waals surface area contributed by atoms with Crippen LogP contribution >= 0.6 is 23.7 Å². The molecule has 0 radical (unpaired) electrons. The minimum Gasteiger partial charge on any atom is -0.497 e. The van der Waals surface area contributed by atoms with E-state index in [0.29, 0.717) is 17.2 Å². The van der Waals surface area contributed by atoms with Gasteiger partial charge >= 0.3 is 0 Å². The van der Waals surface area contributed by atoms with Crippen LogP contribution in [0.3, 0.4) is 0 Å². The molecule has 0 saturated heterocycles. The number of carbonyl (C=O) groups excluding carboxylic acids is 4. The highest BCUT2D eigenvalue weighted by Gasteiger charge is 2.29. The molecular formula is C34H40ClN7O6S. The molecule has 1 aliphatic rings. The number of ether oxygens (including phenoxy) is 1. The van der Waals surface area contributed by atoms with Gasteiger partial charge in [0.15, 0.2) is 5.69 Å². The van der Waals surface area contributed by atoms with Crippen molar-refractivity contribution >= 4 is 47.4 Å². The van der Waals surface area contributed by atoms with E-state index >= 15 is 0 Å². The van der Waals surface area contributed by atoms with Gasteiger partial charge in [-0.2, -0.15) is 0 Å². The molecule has 49 heavy (non-hydrogen) atoms. The van der Waals surface area contributed by atoms with Crippen molar-refractivity contribution in [2.75, 3.05) is 26.7 Å². The number of halogens is 1. The first-order valence-corrected chi connectivity index (χ1v) is 16.5. The fraction of sp³-hybridized carbons (Fsp3) is 0.353. The van der Waals surface area contributed by atoms with Crippen LogP contribution in [0.2, 0.25) is 0 Å². The minimum atomic E-state index is -0.944. The Labute approximate surface area is 294 Å². The number of amides is 4. The van der Waals surface area contributed by atoms with Gasteiger partial charge in [-0.3, -0.25) is 19.2 Å². The maximum Gasteiger partial charge on any atom is 0.273 e. The highest BCUT2D eigenvalue weighted by Crippen LogP contribution is 2.26. The van der Waals surface area contributed by atoms with Crippen LogP contribution in [0.1, 0.15) is 68.9 Å². The lowest BCUT2D eigenvalue weighted by atomic mass is 10.0. The summed E-state index contributed by atoms with van der Waals surface area (Å²) >= 11 is 1.25. The second-order valence-corrected chi connectivity index (χ2v) is 12.7. The van der Waals surface area contributed by atoms with Gasteiger partial charge < -0.3 is 35.7 Å². The second kappa shape index (κ2) is 17.0. The molecule has 3 atom stereocenters. The summed E-state index contributed by atoms with van der Waals surface area (Å²) in [5.74, 6) is -1.14. The van der Waals surface area contributed by atoms with Crippen molar-refractivity contribution in [3.05, 3.63) is 99.7 Å². The summed E-state index contributed by atoms with van der Waals surface area (Å²) in [6.07, 6.45) is 1.81. The lowest BCUT2D eigenvalue weighted by Gasteiger charge is -2.27. The molecule has 260 valence electrons. The van der Waals surface area contributed by atoms with E-state index in [1.165, 1.54) is 22.5 Å². The average molecular weight is 710 g/mol. The van der Waals surface area contributed by atoms with Crippen molar-refractivity contribution in [2.45, 2.75) is 44.8 Å². The molecule has 5 rings (SSSR count). The Morgan fingerprint density at radius 2 is 1.76 bits per heavy atom. The van der Waals surface area contributed by atoms with Crippen LogP contribution in [0.4, 0.5) is 0 Å². The van der Waals surface area contributed by atoms with Crippen LogP contribution in [-0.4, -0.2) is 71.3 Å². The standard InChI is InChI=1S/C34H39N7O6S.ClH/c1-20(2)29-33-39-27(19-48-33)31(44)37-25(16-21-7-5-4-6-8-21)32-38-26(18-47-32)30(43)36-13-14-41(17-28(42)40-29)34(45)24(35)15-22-9-11-23(46-3)12-10-22;/h4-12,18-20,24-25,29H,13-17,35H2,1-3H3,(H,36,43)(H,37,44)(H,40,42);1H/t24-,25-,29-;/m0./s1. The first-order chi connectivity index (χ1) is 23.1. The molecule has 3 heterocycles. The number of oxazole rings is 1. The van der Waals surface area contributed by atoms with E-state index in [-0.39, 0.29) is 61.7 Å². The van der Waals surface area contributed by atoms with Crippen LogP contribution < -0.4 is 26.4 Å². The smallest absolute Gasteiger partial charge is 0.273 e. The average Bonchev–Trinajstić information content (AvgIpc) is 3.78. The highest BCUT2D eigenvalue weighted by molar-refractivity contribution is 7.09. The summed E-state index contributed by atoms with van der Waals surface area (Å²) in [6.45, 7) is 3.58. The summed E-state index contributed by atoms with van der Waals surface area (Å²) in [6, 6.07) is 14.5. The monoisotopic (exact) mass is 709 g/mol. The van der Waals surface area contributed by atoms with Gasteiger partial charge in [-0.15, -0.1) is 23.7 Å². The Morgan fingerprint density at radius 1 is 1.02 bits per heavy atom. The number of fused-ring (bicyclic) bond motifs is 4. The summed E-state index contributed by atoms with van der Waals surface area (Å²) in [5.41, 5.74) is 8.27. The van der Waals surface area contributed by atoms with Crippen molar-refractivity contribution in [3.8, 4) is 5.75 Å². The molecule has 4 bridgehead atoms. The fourth-order valence-electron chi connectivity index (χ4n) is 5.27. The number of nitrogens with one attached hydrogen (secondary N) is 3. The van der Waals surface area contributed by atoms with E-state index in [1.807, 2.05) is 56.3 Å². The van der Waals surface area contributed by atoms with Crippen LogP contribution in [0, 0.1) is 5.92 Å². The van der Waals surface area contributed by atoms with Crippen LogP contribution in [0.25, 0.3) is 0 Å². The number of aromatic nitrogens is 2. The Hall–Kier alpha value is -4.79. The molecule has 15 heteroatoms. The first-order valence-electron chi connectivity index (χ1n) is 15.6. The zero-order chi connectivity index (χ0) is 34.2. The molecule has 0 unspecified atom stereocenters. The van der Waals surface area contributed by atoms with Crippen molar-refractivity contribution in [1.29, 1.82) is 0 Å². The first kappa shape index (κ1) is 37.0. The van der Waals surface area contributed by atoms with Gasteiger partial charge in [-0.05, 0) is 35.6 Å². The maximum absolute atomic E-state index is 13.6. The Kier molecular flexibility index (Phi) is 12.9. The predicted octanol–water partition coefficient (Wildman–Crippen LogP) is 3.23. The number of carbonyl (C=O) groups is 4. The largest absolute Gasteiger partial charge is 0.497 e. The topological polar surface area (TPSA) is 182 Å². The summed E-state index contributed by atoms with van der Waals surface area (Å²) < 4.78 is 10.9. The minimum absolute atomic E-state index is 0. The third-order valence-electron chi connectivity index (χ3n) is 7.89. The highest BCUT2D eigenvalue weighted by atomic mass is 35.5. The van der Waals surface area contributed by atoms with Gasteiger partial charge in [0.1, 0.15) is 28.8 Å². The van der Waals surface area contributed by atoms with Gasteiger partial charge in [0, 0.05) is 24.9 Å². The van der Waals surface area contributed by atoms with Gasteiger partial charge in [-0.25, -0.2) is 9.97 Å². The van der Waals surface area contributed by atoms with E-state index < -0.39 is 41.8 Å². The van der Waals surface area contributed by atoms with Gasteiger partial charge in [-0.1, -0.05) is 56.3 Å². The van der Waals surface area contributed by atoms with E-state index in [2.05, 4.69) is 25.9 Å². The zero-order valence-corrected chi connectivity index (χ0v) is 29.0. The second-order valence-electron chi connectivity index (χ2n) is 11.8. The summed E-state index contributed by atoms with van der Waals surface area (Å²) in [7, 11) is 1.57. The van der Waals surface area contributed by atoms with Crippen molar-refractivity contribution in [1.82, 2.24) is 30.8 Å². The van der Waals surface area contributed by atoms with Crippen molar-refractivity contribution in [2.24, 2.45) is 11.7 Å². The lowest BCUT2D eigenvalue weighted by molar-refractivity contribution is -0.137. The molecule has 5 N–H and O–H groups in total. The quantitative estimate of drug-likeness (QED) is 0.224. The Bertz CT molecular complexity index is 1730. The van der Waals surface area contributed by atoms with Crippen LogP contribution in [-0.2, 0) is 22.4 Å². The van der Waals surface area contributed by atoms with Gasteiger partial charge in [0.05, 0.1) is 25.7 Å². The van der Waals surface area contributed by atoms with Crippen LogP contribution in [0.5, 0.6) is 5.75 Å². The number of nitrogens with zero attached hydrogens (tertiary/aromatic N) is 3. The third kappa shape index (κ3) is 9.65. The Balaban J connectivity index is 0.00000541. The van der Waals surface area contributed by atoms with Crippen LogP contribution in [0.15, 0.2) is 70.7 Å². The molecule has 1 aliphatic heterocycles. The molecule has 0 aliphatic carbocycles. The number of hydrogen-bond donors (Lipinski definition) is 4. The molecule has 0 saturated carbocycles. The van der Waals surface area contributed by atoms with Crippen molar-refractivity contribution < 1.29 is 28.3 Å². The predicted molar refractivity (Wildman–Crippen MR) is 186 cm³/mol. The Morgan fingerprint density at radius 3 is 2.45 bits per heavy atom. The molecule has 4 amide bonds. The molecule has 4 aromatic rings. The number of hydrogen-bond acceptors (Lipinski definition) is 10. The van der Waals surface area contributed by atoms with Gasteiger partial charge in [0.25, 0.3) is 11.8 Å².